The Morgan fingerprint density at radius 2 is 1.53 bits per heavy atom. The summed E-state index contributed by atoms with van der Waals surface area (Å²) in [6.45, 7) is 12.4. The van der Waals surface area contributed by atoms with E-state index < -0.39 is 32.6 Å². The van der Waals surface area contributed by atoms with E-state index in [1.807, 2.05) is 6.92 Å². The van der Waals surface area contributed by atoms with Gasteiger partial charge in [0.2, 0.25) is 0 Å². The Morgan fingerprint density at radius 3 is 1.80 bits per heavy atom. The molecule has 0 aromatic carbocycles. The van der Waals surface area contributed by atoms with E-state index in [-0.39, 0.29) is 0 Å². The molecule has 0 heterocycles. The van der Waals surface area contributed by atoms with Crippen molar-refractivity contribution in [2.24, 2.45) is 0 Å². The highest BCUT2D eigenvalue weighted by Crippen LogP contribution is 2.14. The maximum atomic E-state index is 10.2. The standard InChI is InChI=1S/C8H24O4Si3/c1-7-10-15(6,9)8(11-13(2)3)12-14(4)5/h8-9,13-14H,7H2,1-6H3. The van der Waals surface area contributed by atoms with Gasteiger partial charge in [-0.3, -0.25) is 0 Å². The van der Waals surface area contributed by atoms with Gasteiger partial charge in [0.25, 0.3) is 0 Å². The van der Waals surface area contributed by atoms with Gasteiger partial charge in [0.05, 0.1) is 0 Å². The Morgan fingerprint density at radius 1 is 1.13 bits per heavy atom. The molecule has 1 atom stereocenters. The summed E-state index contributed by atoms with van der Waals surface area (Å²) in [5.41, 5.74) is 0. The third kappa shape index (κ3) is 6.61. The lowest BCUT2D eigenvalue weighted by molar-refractivity contribution is 0.0216. The van der Waals surface area contributed by atoms with Crippen LogP contribution in [0.2, 0.25) is 32.7 Å². The lowest BCUT2D eigenvalue weighted by Crippen LogP contribution is -2.53. The Kier molecular flexibility index (Phi) is 7.17. The molecule has 1 unspecified atom stereocenters. The van der Waals surface area contributed by atoms with Gasteiger partial charge in [0.15, 0.2) is 24.0 Å². The van der Waals surface area contributed by atoms with Crippen molar-refractivity contribution in [3.8, 4) is 0 Å². The lowest BCUT2D eigenvalue weighted by atomic mass is 10.9. The molecule has 15 heavy (non-hydrogen) atoms. The largest absolute Gasteiger partial charge is 0.408 e. The van der Waals surface area contributed by atoms with Gasteiger partial charge >= 0.3 is 8.56 Å². The highest BCUT2D eigenvalue weighted by molar-refractivity contribution is 6.67. The summed E-state index contributed by atoms with van der Waals surface area (Å²) in [5, 5.41) is 0. The molecule has 0 aromatic rings. The second-order valence-electron chi connectivity index (χ2n) is 4.19. The smallest absolute Gasteiger partial charge is 0.388 e. The van der Waals surface area contributed by atoms with Crippen molar-refractivity contribution in [3.05, 3.63) is 0 Å². The predicted octanol–water partition coefficient (Wildman–Crippen LogP) is 0.952. The van der Waals surface area contributed by atoms with Crippen molar-refractivity contribution < 1.29 is 18.1 Å². The summed E-state index contributed by atoms with van der Waals surface area (Å²) < 4.78 is 16.8. The molecule has 0 radical (unpaired) electrons. The van der Waals surface area contributed by atoms with E-state index in [4.69, 9.17) is 13.3 Å². The molecule has 0 amide bonds. The summed E-state index contributed by atoms with van der Waals surface area (Å²) in [6, 6.07) is 0. The van der Waals surface area contributed by atoms with E-state index in [2.05, 4.69) is 26.2 Å². The zero-order valence-corrected chi connectivity index (χ0v) is 13.9. The normalized spacial score (nSPS) is 16.4. The molecular formula is C8H24O4Si3. The molecule has 0 bridgehead atoms. The topological polar surface area (TPSA) is 47.9 Å². The SMILES string of the molecule is CCO[Si](C)(O)C(O[SiH](C)C)O[SiH](C)C. The molecule has 0 aromatic heterocycles. The molecular weight excluding hydrogens is 244 g/mol. The van der Waals surface area contributed by atoms with Crippen LogP contribution in [0, 0.1) is 0 Å². The molecule has 0 rings (SSSR count). The molecule has 0 aliphatic heterocycles. The molecule has 0 aliphatic rings. The van der Waals surface area contributed by atoms with Crippen LogP contribution in [0.25, 0.3) is 0 Å². The zero-order valence-electron chi connectivity index (χ0n) is 10.6. The Hall–Kier alpha value is 0.491. The van der Waals surface area contributed by atoms with Crippen LogP contribution < -0.4 is 0 Å². The van der Waals surface area contributed by atoms with Gasteiger partial charge < -0.3 is 18.1 Å². The summed E-state index contributed by atoms with van der Waals surface area (Å²) in [5.74, 6) is -0.504. The van der Waals surface area contributed by atoms with Gasteiger partial charge in [0, 0.05) is 6.61 Å². The number of hydrogen-bond acceptors (Lipinski definition) is 4. The monoisotopic (exact) mass is 268 g/mol. The highest BCUT2D eigenvalue weighted by atomic mass is 28.4. The fourth-order valence-electron chi connectivity index (χ4n) is 1.14. The fourth-order valence-corrected chi connectivity index (χ4v) is 6.76. The summed E-state index contributed by atoms with van der Waals surface area (Å²) in [7, 11) is -5.27. The minimum absolute atomic E-state index is 0.502. The number of hydrogen-bond donors (Lipinski definition) is 1. The van der Waals surface area contributed by atoms with Crippen molar-refractivity contribution in [2.45, 2.75) is 45.6 Å². The van der Waals surface area contributed by atoms with Gasteiger partial charge in [-0.15, -0.1) is 0 Å². The van der Waals surface area contributed by atoms with Crippen molar-refractivity contribution >= 4 is 26.6 Å². The van der Waals surface area contributed by atoms with Crippen LogP contribution in [0.4, 0.5) is 0 Å². The van der Waals surface area contributed by atoms with Crippen LogP contribution in [0.15, 0.2) is 0 Å². The van der Waals surface area contributed by atoms with Crippen molar-refractivity contribution in [3.63, 3.8) is 0 Å². The first-order valence-corrected chi connectivity index (χ1v) is 13.5. The van der Waals surface area contributed by atoms with E-state index in [9.17, 15) is 4.80 Å². The molecule has 0 aliphatic carbocycles. The molecule has 0 spiro atoms. The molecule has 0 fully saturated rings. The van der Waals surface area contributed by atoms with Crippen LogP contribution in [0.1, 0.15) is 6.92 Å². The van der Waals surface area contributed by atoms with Crippen LogP contribution in [-0.2, 0) is 13.3 Å². The second-order valence-corrected chi connectivity index (χ2v) is 11.8. The van der Waals surface area contributed by atoms with E-state index in [1.165, 1.54) is 0 Å². The van der Waals surface area contributed by atoms with Gasteiger partial charge in [-0.1, -0.05) is 0 Å². The van der Waals surface area contributed by atoms with Gasteiger partial charge in [-0.25, -0.2) is 0 Å². The van der Waals surface area contributed by atoms with E-state index in [0.717, 1.165) is 0 Å². The third-order valence-corrected chi connectivity index (χ3v) is 5.81. The van der Waals surface area contributed by atoms with Crippen molar-refractivity contribution in [1.82, 2.24) is 0 Å². The number of rotatable bonds is 7. The first-order chi connectivity index (χ1) is 6.79. The molecule has 92 valence electrons. The fraction of sp³-hybridized carbons (Fsp3) is 1.00. The quantitative estimate of drug-likeness (QED) is 0.552. The maximum absolute atomic E-state index is 10.2. The van der Waals surface area contributed by atoms with E-state index in [1.54, 1.807) is 6.55 Å². The molecule has 0 saturated carbocycles. The van der Waals surface area contributed by atoms with E-state index in [0.29, 0.717) is 6.61 Å². The first-order valence-electron chi connectivity index (χ1n) is 5.46. The summed E-state index contributed by atoms with van der Waals surface area (Å²) in [6.07, 6.45) is 0. The molecule has 0 saturated heterocycles. The van der Waals surface area contributed by atoms with Crippen molar-refractivity contribution in [2.75, 3.05) is 6.61 Å². The summed E-state index contributed by atoms with van der Waals surface area (Å²) in [4.78, 5) is 10.2. The van der Waals surface area contributed by atoms with Crippen LogP contribution in [0.5, 0.6) is 0 Å². The van der Waals surface area contributed by atoms with Crippen molar-refractivity contribution in [1.29, 1.82) is 0 Å². The average Bonchev–Trinajstić information content (AvgIpc) is 2.00. The third-order valence-electron chi connectivity index (χ3n) is 1.67. The molecule has 7 heteroatoms. The first kappa shape index (κ1) is 15.5. The van der Waals surface area contributed by atoms with Crippen LogP contribution in [0.3, 0.4) is 0 Å². The Balaban J connectivity index is 4.45. The average molecular weight is 269 g/mol. The van der Waals surface area contributed by atoms with Gasteiger partial charge in [0.1, 0.15) is 0 Å². The Labute approximate surface area is 97.3 Å². The molecule has 4 nitrogen and oxygen atoms in total. The second kappa shape index (κ2) is 6.94. The zero-order chi connectivity index (χ0) is 12.1. The minimum Gasteiger partial charge on any atom is -0.408 e. The highest BCUT2D eigenvalue weighted by Gasteiger charge is 2.40. The minimum atomic E-state index is -2.83. The maximum Gasteiger partial charge on any atom is 0.388 e. The summed E-state index contributed by atoms with van der Waals surface area (Å²) >= 11 is 0. The Bertz CT molecular complexity index is 165. The van der Waals surface area contributed by atoms with Crippen LogP contribution >= 0.6 is 0 Å². The van der Waals surface area contributed by atoms with E-state index >= 15 is 0 Å². The lowest BCUT2D eigenvalue weighted by Gasteiger charge is -2.32. The predicted molar refractivity (Wildman–Crippen MR) is 69.2 cm³/mol. The van der Waals surface area contributed by atoms with Gasteiger partial charge in [-0.2, -0.15) is 0 Å². The van der Waals surface area contributed by atoms with Crippen LogP contribution in [-0.4, -0.2) is 44.0 Å². The van der Waals surface area contributed by atoms with Gasteiger partial charge in [-0.05, 0) is 39.7 Å². The molecule has 1 N–H and O–H groups in total.